The molecule has 0 saturated heterocycles. The first-order valence-electron chi connectivity index (χ1n) is 4.76. The van der Waals surface area contributed by atoms with Gasteiger partial charge in [0.1, 0.15) is 0 Å². The first kappa shape index (κ1) is 12.8. The molecule has 2 rings (SSSR count). The molecule has 0 radical (unpaired) electrons. The Hall–Kier alpha value is -0.650. The van der Waals surface area contributed by atoms with Gasteiger partial charge in [0.25, 0.3) is 0 Å². The van der Waals surface area contributed by atoms with Gasteiger partial charge in [0, 0.05) is 8.95 Å². The second kappa shape index (κ2) is 4.92. The molecule has 0 saturated carbocycles. The van der Waals surface area contributed by atoms with Crippen LogP contribution < -0.4 is 0 Å². The molecule has 88 valence electrons. The Kier molecular flexibility index (Phi) is 3.70. The quantitative estimate of drug-likeness (QED) is 0.793. The lowest BCUT2D eigenvalue weighted by Crippen LogP contribution is -2.01. The Morgan fingerprint density at radius 3 is 1.82 bits per heavy atom. The molecule has 0 aromatic heterocycles. The smallest absolute Gasteiger partial charge is 0.206 e. The van der Waals surface area contributed by atoms with Crippen molar-refractivity contribution < 1.29 is 8.42 Å². The minimum atomic E-state index is -3.44. The van der Waals surface area contributed by atoms with Crippen LogP contribution in [0.15, 0.2) is 67.3 Å². The third kappa shape index (κ3) is 2.78. The molecule has 0 heterocycles. The standard InChI is InChI=1S/C12H8Br2O2S/c13-9-6-10(14)8-12(7-9)17(15,16)11-4-2-1-3-5-11/h1-8H. The zero-order valence-electron chi connectivity index (χ0n) is 8.60. The molecular weight excluding hydrogens is 368 g/mol. The van der Waals surface area contributed by atoms with Crippen LogP contribution >= 0.6 is 31.9 Å². The van der Waals surface area contributed by atoms with Crippen molar-refractivity contribution in [2.24, 2.45) is 0 Å². The highest BCUT2D eigenvalue weighted by atomic mass is 79.9. The van der Waals surface area contributed by atoms with Gasteiger partial charge in [-0.1, -0.05) is 50.1 Å². The lowest BCUT2D eigenvalue weighted by molar-refractivity contribution is 0.596. The van der Waals surface area contributed by atoms with Gasteiger partial charge in [-0.05, 0) is 30.3 Å². The number of hydrogen-bond donors (Lipinski definition) is 0. The maximum absolute atomic E-state index is 12.3. The number of rotatable bonds is 2. The molecule has 0 fully saturated rings. The van der Waals surface area contributed by atoms with Gasteiger partial charge in [-0.15, -0.1) is 0 Å². The Morgan fingerprint density at radius 1 is 0.765 bits per heavy atom. The molecule has 0 atom stereocenters. The van der Waals surface area contributed by atoms with Crippen molar-refractivity contribution in [3.63, 3.8) is 0 Å². The Morgan fingerprint density at radius 2 is 1.29 bits per heavy atom. The second-order valence-corrected chi connectivity index (χ2v) is 7.20. The van der Waals surface area contributed by atoms with Crippen LogP contribution in [0.4, 0.5) is 0 Å². The van der Waals surface area contributed by atoms with Crippen LogP contribution in [0.2, 0.25) is 0 Å². The fourth-order valence-corrected chi connectivity index (χ4v) is 4.37. The summed E-state index contributed by atoms with van der Waals surface area (Å²) in [6.07, 6.45) is 0. The van der Waals surface area contributed by atoms with Gasteiger partial charge in [0.2, 0.25) is 9.84 Å². The summed E-state index contributed by atoms with van der Waals surface area (Å²) in [4.78, 5) is 0.565. The van der Waals surface area contributed by atoms with Crippen molar-refractivity contribution in [3.8, 4) is 0 Å². The average Bonchev–Trinajstić information content (AvgIpc) is 2.29. The first-order valence-corrected chi connectivity index (χ1v) is 7.83. The molecule has 0 aliphatic heterocycles. The molecule has 2 aromatic carbocycles. The Labute approximate surface area is 117 Å². The fraction of sp³-hybridized carbons (Fsp3) is 0. The molecule has 0 amide bonds. The van der Waals surface area contributed by atoms with E-state index in [2.05, 4.69) is 31.9 Å². The summed E-state index contributed by atoms with van der Waals surface area (Å²) in [5.41, 5.74) is 0. The average molecular weight is 376 g/mol. The SMILES string of the molecule is O=S(=O)(c1ccccc1)c1cc(Br)cc(Br)c1. The van der Waals surface area contributed by atoms with Crippen molar-refractivity contribution in [3.05, 3.63) is 57.5 Å². The van der Waals surface area contributed by atoms with E-state index >= 15 is 0 Å². The third-order valence-electron chi connectivity index (χ3n) is 2.20. The number of halogens is 2. The van der Waals surface area contributed by atoms with Crippen molar-refractivity contribution in [1.29, 1.82) is 0 Å². The lowest BCUT2D eigenvalue weighted by atomic mass is 10.4. The van der Waals surface area contributed by atoms with Gasteiger partial charge in [-0.3, -0.25) is 0 Å². The van der Waals surface area contributed by atoms with Gasteiger partial charge in [0.15, 0.2) is 0 Å². The van der Waals surface area contributed by atoms with Crippen LogP contribution in [0, 0.1) is 0 Å². The van der Waals surface area contributed by atoms with Crippen molar-refractivity contribution >= 4 is 41.7 Å². The molecule has 0 aliphatic carbocycles. The Balaban J connectivity index is 2.60. The van der Waals surface area contributed by atoms with E-state index in [1.165, 1.54) is 0 Å². The van der Waals surface area contributed by atoms with E-state index in [0.29, 0.717) is 4.90 Å². The molecule has 17 heavy (non-hydrogen) atoms. The van der Waals surface area contributed by atoms with Crippen molar-refractivity contribution in [2.75, 3.05) is 0 Å². The zero-order valence-corrected chi connectivity index (χ0v) is 12.6. The minimum absolute atomic E-state index is 0.268. The van der Waals surface area contributed by atoms with E-state index in [9.17, 15) is 8.42 Å². The summed E-state index contributed by atoms with van der Waals surface area (Å²) in [6.45, 7) is 0. The van der Waals surface area contributed by atoms with Crippen LogP contribution in [-0.2, 0) is 9.84 Å². The summed E-state index contributed by atoms with van der Waals surface area (Å²) < 4.78 is 26.0. The van der Waals surface area contributed by atoms with Crippen molar-refractivity contribution in [1.82, 2.24) is 0 Å². The zero-order chi connectivity index (χ0) is 12.5. The lowest BCUT2D eigenvalue weighted by Gasteiger charge is -2.05. The number of benzene rings is 2. The first-order chi connectivity index (χ1) is 8.00. The molecule has 0 spiro atoms. The highest BCUT2D eigenvalue weighted by Crippen LogP contribution is 2.27. The number of hydrogen-bond acceptors (Lipinski definition) is 2. The molecule has 0 aliphatic rings. The summed E-state index contributed by atoms with van der Waals surface area (Å²) in [7, 11) is -3.44. The highest BCUT2D eigenvalue weighted by Gasteiger charge is 2.17. The Bertz CT molecular complexity index is 617. The highest BCUT2D eigenvalue weighted by molar-refractivity contribution is 9.11. The van der Waals surface area contributed by atoms with Gasteiger partial charge in [0.05, 0.1) is 9.79 Å². The van der Waals surface area contributed by atoms with E-state index in [1.807, 2.05) is 0 Å². The van der Waals surface area contributed by atoms with Gasteiger partial charge >= 0.3 is 0 Å². The molecule has 5 heteroatoms. The van der Waals surface area contributed by atoms with E-state index in [-0.39, 0.29) is 4.90 Å². The fourth-order valence-electron chi connectivity index (χ4n) is 1.42. The van der Waals surface area contributed by atoms with Gasteiger partial charge in [-0.2, -0.15) is 0 Å². The van der Waals surface area contributed by atoms with Crippen LogP contribution in [0.5, 0.6) is 0 Å². The minimum Gasteiger partial charge on any atom is -0.219 e. The predicted octanol–water partition coefficient (Wildman–Crippen LogP) is 4.04. The molecular formula is C12H8Br2O2S. The summed E-state index contributed by atoms with van der Waals surface area (Å²) in [5.74, 6) is 0. The second-order valence-electron chi connectivity index (χ2n) is 3.42. The topological polar surface area (TPSA) is 34.1 Å². The van der Waals surface area contributed by atoms with E-state index in [4.69, 9.17) is 0 Å². The van der Waals surface area contributed by atoms with Crippen LogP contribution in [-0.4, -0.2) is 8.42 Å². The van der Waals surface area contributed by atoms with Gasteiger partial charge < -0.3 is 0 Å². The van der Waals surface area contributed by atoms with Crippen molar-refractivity contribution in [2.45, 2.75) is 9.79 Å². The maximum Gasteiger partial charge on any atom is 0.206 e. The predicted molar refractivity (Wildman–Crippen MR) is 73.7 cm³/mol. The molecule has 0 N–H and O–H groups in total. The van der Waals surface area contributed by atoms with Crippen LogP contribution in [0.25, 0.3) is 0 Å². The third-order valence-corrected chi connectivity index (χ3v) is 4.86. The largest absolute Gasteiger partial charge is 0.219 e. The maximum atomic E-state index is 12.3. The molecule has 2 nitrogen and oxygen atoms in total. The summed E-state index contributed by atoms with van der Waals surface area (Å²) in [5, 5.41) is 0. The summed E-state index contributed by atoms with van der Waals surface area (Å²) in [6, 6.07) is 13.4. The molecule has 2 aromatic rings. The van der Waals surface area contributed by atoms with E-state index in [1.54, 1.807) is 48.5 Å². The number of sulfone groups is 1. The van der Waals surface area contributed by atoms with E-state index < -0.39 is 9.84 Å². The monoisotopic (exact) mass is 374 g/mol. The molecule has 0 unspecified atom stereocenters. The van der Waals surface area contributed by atoms with Crippen LogP contribution in [0.1, 0.15) is 0 Å². The van der Waals surface area contributed by atoms with E-state index in [0.717, 1.165) is 8.95 Å². The van der Waals surface area contributed by atoms with Crippen LogP contribution in [0.3, 0.4) is 0 Å². The summed E-state index contributed by atoms with van der Waals surface area (Å²) >= 11 is 6.57. The van der Waals surface area contributed by atoms with Gasteiger partial charge in [-0.25, -0.2) is 8.42 Å². The normalized spacial score (nSPS) is 11.4. The molecule has 0 bridgehead atoms.